The van der Waals surface area contributed by atoms with Crippen molar-refractivity contribution in [1.29, 1.82) is 0 Å². The molecule has 3 aromatic rings. The number of carboxylic acid groups (broad SMARTS) is 1. The topological polar surface area (TPSA) is 196 Å². The summed E-state index contributed by atoms with van der Waals surface area (Å²) < 4.78 is 31.1. The van der Waals surface area contributed by atoms with Gasteiger partial charge in [0, 0.05) is 42.7 Å². The van der Waals surface area contributed by atoms with Crippen LogP contribution in [0.2, 0.25) is 0 Å². The van der Waals surface area contributed by atoms with Gasteiger partial charge in [-0.3, -0.25) is 19.2 Å². The number of aliphatic hydroxyl groups is 1. The minimum absolute atomic E-state index is 0.0160. The van der Waals surface area contributed by atoms with E-state index in [1.165, 1.54) is 4.90 Å². The number of carbonyl (C=O) groups is 5. The van der Waals surface area contributed by atoms with Gasteiger partial charge in [-0.2, -0.15) is 0 Å². The van der Waals surface area contributed by atoms with Crippen LogP contribution in [0.5, 0.6) is 0 Å². The molecule has 51 heavy (non-hydrogen) atoms. The number of carboxylic acids is 1. The Morgan fingerprint density at radius 1 is 1.00 bits per heavy atom. The Balaban J connectivity index is 1.90. The molecule has 276 valence electrons. The van der Waals surface area contributed by atoms with E-state index in [0.29, 0.717) is 17.8 Å². The summed E-state index contributed by atoms with van der Waals surface area (Å²) >= 11 is 2.94. The third-order valence-corrected chi connectivity index (χ3v) is 8.45. The normalized spacial score (nSPS) is 13.1. The summed E-state index contributed by atoms with van der Waals surface area (Å²) in [5, 5.41) is 26.5. The second-order valence-electron chi connectivity index (χ2n) is 12.9. The molecule has 0 aliphatic carbocycles. The Kier molecular flexibility index (Phi) is 14.8. The van der Waals surface area contributed by atoms with Gasteiger partial charge >= 0.3 is 5.97 Å². The van der Waals surface area contributed by atoms with Crippen LogP contribution < -0.4 is 21.7 Å². The van der Waals surface area contributed by atoms with Crippen molar-refractivity contribution < 1.29 is 43.0 Å². The highest BCUT2D eigenvalue weighted by molar-refractivity contribution is 9.09. The van der Waals surface area contributed by atoms with E-state index in [-0.39, 0.29) is 23.9 Å². The zero-order valence-corrected chi connectivity index (χ0v) is 30.1. The number of alkyl halides is 1. The number of nitrogens with two attached hydrogens (primary N) is 1. The van der Waals surface area contributed by atoms with Crippen LogP contribution in [0, 0.1) is 17.0 Å². The SMILES string of the molecule is CC(C)(C)[C@H](c1cc(-c2cc(F)ccc2F)cn1Cc1ccccc1)N(CC[C@H](N)C(=O)N[C@H](CNC(=O)CNC(=O)CBr)C(=O)O)C(=O)CO. The first-order valence-electron chi connectivity index (χ1n) is 16.0. The van der Waals surface area contributed by atoms with E-state index in [1.807, 2.05) is 55.7 Å². The second kappa shape index (κ2) is 18.5. The fourth-order valence-electron chi connectivity index (χ4n) is 5.49. The Labute approximate surface area is 302 Å². The molecule has 13 nitrogen and oxygen atoms in total. The van der Waals surface area contributed by atoms with Crippen LogP contribution in [-0.4, -0.2) is 92.9 Å². The first-order chi connectivity index (χ1) is 24.0. The number of benzene rings is 2. The van der Waals surface area contributed by atoms with E-state index in [2.05, 4.69) is 31.9 Å². The fourth-order valence-corrected chi connectivity index (χ4v) is 5.69. The van der Waals surface area contributed by atoms with E-state index >= 15 is 0 Å². The monoisotopic (exact) mass is 776 g/mol. The molecular formula is C35H43BrF2N6O7. The van der Waals surface area contributed by atoms with Crippen molar-refractivity contribution in [2.45, 2.75) is 51.9 Å². The number of hydrogen-bond acceptors (Lipinski definition) is 7. The molecule has 4 amide bonds. The molecule has 0 saturated heterocycles. The summed E-state index contributed by atoms with van der Waals surface area (Å²) in [7, 11) is 0. The molecule has 0 radical (unpaired) electrons. The summed E-state index contributed by atoms with van der Waals surface area (Å²) in [6.45, 7) is 3.96. The predicted molar refractivity (Wildman–Crippen MR) is 188 cm³/mol. The molecule has 0 fully saturated rings. The number of carbonyl (C=O) groups excluding carboxylic acids is 4. The standard InChI is InChI=1S/C35H43BrF2N6O7/c1-35(2,3)32(28-13-22(24-14-23(37)9-10-25(24)38)19-43(28)18-21-7-5-4-6-8-21)44(31(48)20-45)12-11-26(39)33(49)42-27(34(50)51)16-40-30(47)17-41-29(46)15-36/h4-10,13-14,19,26-27,32,45H,11-12,15-18,20,39H2,1-3H3,(H,40,47)(H,41,46)(H,42,49)(H,50,51)/t26-,27+,32-/m0/s1. The third-order valence-electron chi connectivity index (χ3n) is 7.94. The summed E-state index contributed by atoms with van der Waals surface area (Å²) in [6.07, 6.45) is 1.51. The molecule has 0 saturated carbocycles. The van der Waals surface area contributed by atoms with Gasteiger partial charge in [0.25, 0.3) is 0 Å². The van der Waals surface area contributed by atoms with E-state index < -0.39 is 84.5 Å². The van der Waals surface area contributed by atoms with Crippen LogP contribution >= 0.6 is 15.9 Å². The van der Waals surface area contributed by atoms with E-state index in [9.17, 15) is 43.0 Å². The first kappa shape index (κ1) is 40.8. The molecule has 2 aromatic carbocycles. The number of amides is 4. The highest BCUT2D eigenvalue weighted by Crippen LogP contribution is 2.41. The predicted octanol–water partition coefficient (Wildman–Crippen LogP) is 2.30. The minimum atomic E-state index is -1.56. The van der Waals surface area contributed by atoms with Crippen molar-refractivity contribution in [3.63, 3.8) is 0 Å². The zero-order valence-electron chi connectivity index (χ0n) is 28.5. The highest BCUT2D eigenvalue weighted by Gasteiger charge is 2.37. The molecule has 7 N–H and O–H groups in total. The van der Waals surface area contributed by atoms with Crippen LogP contribution in [0.25, 0.3) is 11.1 Å². The second-order valence-corrected chi connectivity index (χ2v) is 13.5. The van der Waals surface area contributed by atoms with Gasteiger partial charge in [-0.15, -0.1) is 0 Å². The Hall–Kier alpha value is -4.67. The molecule has 3 atom stereocenters. The third kappa shape index (κ3) is 11.7. The maximum Gasteiger partial charge on any atom is 0.328 e. The van der Waals surface area contributed by atoms with Gasteiger partial charge in [0.15, 0.2) is 0 Å². The zero-order chi connectivity index (χ0) is 37.9. The number of nitrogens with one attached hydrogen (secondary N) is 3. The van der Waals surface area contributed by atoms with Gasteiger partial charge in [0.1, 0.15) is 24.3 Å². The molecular weight excluding hydrogens is 734 g/mol. The average Bonchev–Trinajstić information content (AvgIpc) is 3.49. The number of nitrogens with zero attached hydrogens (tertiary/aromatic N) is 2. The number of aliphatic carboxylic acids is 1. The molecule has 0 unspecified atom stereocenters. The smallest absolute Gasteiger partial charge is 0.328 e. The summed E-state index contributed by atoms with van der Waals surface area (Å²) in [5.74, 6) is -5.42. The number of aliphatic hydroxyl groups excluding tert-OH is 1. The first-order valence-corrected chi connectivity index (χ1v) is 17.2. The summed E-state index contributed by atoms with van der Waals surface area (Å²) in [4.78, 5) is 63.0. The van der Waals surface area contributed by atoms with Crippen LogP contribution in [0.4, 0.5) is 8.78 Å². The van der Waals surface area contributed by atoms with Crippen molar-refractivity contribution in [3.8, 4) is 11.1 Å². The molecule has 1 heterocycles. The lowest BCUT2D eigenvalue weighted by molar-refractivity contribution is -0.142. The number of halogens is 3. The largest absolute Gasteiger partial charge is 0.480 e. The van der Waals surface area contributed by atoms with Gasteiger partial charge in [0.05, 0.1) is 24.0 Å². The Bertz CT molecular complexity index is 1700. The molecule has 0 bridgehead atoms. The van der Waals surface area contributed by atoms with Gasteiger partial charge in [0.2, 0.25) is 23.6 Å². The van der Waals surface area contributed by atoms with E-state index in [1.54, 1.807) is 12.3 Å². The summed E-state index contributed by atoms with van der Waals surface area (Å²) in [5.41, 5.74) is 7.26. The fraction of sp³-hybridized carbons (Fsp3) is 0.400. The number of aromatic nitrogens is 1. The van der Waals surface area contributed by atoms with Gasteiger partial charge < -0.3 is 41.4 Å². The van der Waals surface area contributed by atoms with Crippen molar-refractivity contribution in [2.24, 2.45) is 11.1 Å². The molecule has 16 heteroatoms. The van der Waals surface area contributed by atoms with Crippen LogP contribution in [-0.2, 0) is 30.5 Å². The molecule has 0 aliphatic rings. The highest BCUT2D eigenvalue weighted by atomic mass is 79.9. The van der Waals surface area contributed by atoms with Crippen molar-refractivity contribution in [2.75, 3.05) is 31.6 Å². The summed E-state index contributed by atoms with van der Waals surface area (Å²) in [6, 6.07) is 10.5. The maximum atomic E-state index is 15.0. The van der Waals surface area contributed by atoms with Crippen LogP contribution in [0.3, 0.4) is 0 Å². The quantitative estimate of drug-likeness (QED) is 0.112. The number of rotatable bonds is 17. The van der Waals surface area contributed by atoms with Crippen LogP contribution in [0.1, 0.15) is 44.5 Å². The molecule has 0 spiro atoms. The molecule has 0 aliphatic heterocycles. The van der Waals surface area contributed by atoms with Gasteiger partial charge in [-0.25, -0.2) is 13.6 Å². The molecule has 3 rings (SSSR count). The Morgan fingerprint density at radius 3 is 2.29 bits per heavy atom. The van der Waals surface area contributed by atoms with Crippen LogP contribution in [0.15, 0.2) is 60.8 Å². The lowest BCUT2D eigenvalue weighted by Crippen LogP contribution is -2.54. The van der Waals surface area contributed by atoms with E-state index in [4.69, 9.17) is 5.73 Å². The van der Waals surface area contributed by atoms with Crippen molar-refractivity contribution >= 4 is 45.5 Å². The average molecular weight is 778 g/mol. The molecule has 1 aromatic heterocycles. The number of hydrogen-bond donors (Lipinski definition) is 6. The minimum Gasteiger partial charge on any atom is -0.480 e. The lowest BCUT2D eigenvalue weighted by Gasteiger charge is -2.41. The van der Waals surface area contributed by atoms with Crippen molar-refractivity contribution in [1.82, 2.24) is 25.4 Å². The van der Waals surface area contributed by atoms with E-state index in [0.717, 1.165) is 23.8 Å². The van der Waals surface area contributed by atoms with Gasteiger partial charge in [-0.1, -0.05) is 67.0 Å². The lowest BCUT2D eigenvalue weighted by atomic mass is 9.82. The van der Waals surface area contributed by atoms with Crippen molar-refractivity contribution in [3.05, 3.63) is 83.7 Å². The van der Waals surface area contributed by atoms with Gasteiger partial charge in [-0.05, 0) is 41.7 Å². The maximum absolute atomic E-state index is 15.0. The Morgan fingerprint density at radius 2 is 1.69 bits per heavy atom.